The molecule has 0 rings (SSSR count). The van der Waals surface area contributed by atoms with E-state index in [0.29, 0.717) is 6.61 Å². The molecule has 0 heterocycles. The first-order valence-corrected chi connectivity index (χ1v) is 8.44. The van der Waals surface area contributed by atoms with E-state index in [1.165, 1.54) is 57.8 Å². The smallest absolute Gasteiger partial charge is 0.0443 e. The van der Waals surface area contributed by atoms with Crippen LogP contribution in [0.5, 0.6) is 0 Å². The van der Waals surface area contributed by atoms with Gasteiger partial charge < -0.3 is 15.7 Å². The summed E-state index contributed by atoms with van der Waals surface area (Å²) in [6.07, 6.45) is 13.4. The second kappa shape index (κ2) is 17.9. The van der Waals surface area contributed by atoms with Crippen LogP contribution in [0.4, 0.5) is 0 Å². The lowest BCUT2D eigenvalue weighted by Crippen LogP contribution is -2.28. The number of unbranched alkanes of at least 4 members (excludes halogenated alkanes) is 8. The van der Waals surface area contributed by atoms with Gasteiger partial charge in [0.2, 0.25) is 0 Å². The van der Waals surface area contributed by atoms with Crippen LogP contribution < -0.4 is 10.6 Å². The molecule has 0 amide bonds. The van der Waals surface area contributed by atoms with Crippen molar-refractivity contribution >= 4 is 0 Å². The molecule has 3 nitrogen and oxygen atoms in total. The molecule has 0 aromatic heterocycles. The monoisotopic (exact) mass is 272 g/mol. The summed E-state index contributed by atoms with van der Waals surface area (Å²) in [7, 11) is 0. The normalized spacial score (nSPS) is 11.1. The standard InChI is InChI=1S/C16H36N2O/c1-2-3-4-5-6-7-8-9-10-12-17-14-15-18-13-11-16-19/h17-19H,2-16H2,1H3. The van der Waals surface area contributed by atoms with E-state index >= 15 is 0 Å². The summed E-state index contributed by atoms with van der Waals surface area (Å²) in [4.78, 5) is 0. The van der Waals surface area contributed by atoms with Crippen molar-refractivity contribution in [2.75, 3.05) is 32.8 Å². The molecule has 0 bridgehead atoms. The Bertz CT molecular complexity index is 138. The molecular weight excluding hydrogens is 236 g/mol. The molecular formula is C16H36N2O. The predicted molar refractivity (Wildman–Crippen MR) is 84.7 cm³/mol. The van der Waals surface area contributed by atoms with Gasteiger partial charge in [0.05, 0.1) is 0 Å². The third kappa shape index (κ3) is 17.9. The van der Waals surface area contributed by atoms with Crippen molar-refractivity contribution in [1.82, 2.24) is 10.6 Å². The molecule has 0 radical (unpaired) electrons. The van der Waals surface area contributed by atoms with E-state index in [1.54, 1.807) is 0 Å². The summed E-state index contributed by atoms with van der Waals surface area (Å²) in [5, 5.41) is 15.4. The Kier molecular flexibility index (Phi) is 17.8. The van der Waals surface area contributed by atoms with Crippen LogP contribution in [0.25, 0.3) is 0 Å². The molecule has 116 valence electrons. The van der Waals surface area contributed by atoms with Gasteiger partial charge >= 0.3 is 0 Å². The lowest BCUT2D eigenvalue weighted by atomic mass is 10.1. The third-order valence-electron chi connectivity index (χ3n) is 3.45. The molecule has 3 N–H and O–H groups in total. The van der Waals surface area contributed by atoms with Crippen molar-refractivity contribution in [3.05, 3.63) is 0 Å². The highest BCUT2D eigenvalue weighted by Crippen LogP contribution is 2.08. The highest BCUT2D eigenvalue weighted by atomic mass is 16.3. The van der Waals surface area contributed by atoms with E-state index in [0.717, 1.165) is 32.6 Å². The molecule has 0 spiro atoms. The lowest BCUT2D eigenvalue weighted by molar-refractivity contribution is 0.286. The van der Waals surface area contributed by atoms with Crippen molar-refractivity contribution in [3.8, 4) is 0 Å². The van der Waals surface area contributed by atoms with Crippen molar-refractivity contribution in [2.45, 2.75) is 71.1 Å². The molecule has 0 atom stereocenters. The fourth-order valence-corrected chi connectivity index (χ4v) is 2.19. The molecule has 0 saturated carbocycles. The molecule has 0 fully saturated rings. The Labute approximate surface area is 120 Å². The topological polar surface area (TPSA) is 44.3 Å². The summed E-state index contributed by atoms with van der Waals surface area (Å²) in [5.74, 6) is 0. The van der Waals surface area contributed by atoms with Crippen LogP contribution in [0.1, 0.15) is 71.1 Å². The minimum absolute atomic E-state index is 0.291. The first-order chi connectivity index (χ1) is 9.41. The van der Waals surface area contributed by atoms with E-state index in [4.69, 9.17) is 5.11 Å². The Hall–Kier alpha value is -0.120. The van der Waals surface area contributed by atoms with Gasteiger partial charge in [-0.3, -0.25) is 0 Å². The zero-order chi connectivity index (χ0) is 14.0. The first kappa shape index (κ1) is 18.9. The molecule has 0 unspecified atom stereocenters. The maximum atomic E-state index is 8.61. The number of rotatable bonds is 16. The van der Waals surface area contributed by atoms with E-state index in [1.807, 2.05) is 0 Å². The van der Waals surface area contributed by atoms with Crippen LogP contribution in [0, 0.1) is 0 Å². The molecule has 0 aliphatic carbocycles. The number of aliphatic hydroxyl groups excluding tert-OH is 1. The quantitative estimate of drug-likeness (QED) is 0.378. The first-order valence-electron chi connectivity index (χ1n) is 8.44. The Balaban J connectivity index is 2.88. The fourth-order valence-electron chi connectivity index (χ4n) is 2.19. The van der Waals surface area contributed by atoms with Crippen LogP contribution in [0.15, 0.2) is 0 Å². The van der Waals surface area contributed by atoms with Crippen LogP contribution >= 0.6 is 0 Å². The largest absolute Gasteiger partial charge is 0.396 e. The third-order valence-corrected chi connectivity index (χ3v) is 3.45. The molecule has 0 aromatic rings. The van der Waals surface area contributed by atoms with Crippen molar-refractivity contribution in [2.24, 2.45) is 0 Å². The van der Waals surface area contributed by atoms with Crippen molar-refractivity contribution in [3.63, 3.8) is 0 Å². The van der Waals surface area contributed by atoms with Gasteiger partial charge in [-0.1, -0.05) is 58.3 Å². The lowest BCUT2D eigenvalue weighted by Gasteiger charge is -2.06. The zero-order valence-electron chi connectivity index (χ0n) is 13.1. The molecule has 0 aromatic carbocycles. The van der Waals surface area contributed by atoms with Gasteiger partial charge in [0.25, 0.3) is 0 Å². The number of hydrogen-bond acceptors (Lipinski definition) is 3. The number of hydrogen-bond donors (Lipinski definition) is 3. The van der Waals surface area contributed by atoms with Crippen molar-refractivity contribution < 1.29 is 5.11 Å². The van der Waals surface area contributed by atoms with E-state index in [2.05, 4.69) is 17.6 Å². The zero-order valence-corrected chi connectivity index (χ0v) is 13.1. The number of aliphatic hydroxyl groups is 1. The fraction of sp³-hybridized carbons (Fsp3) is 1.00. The van der Waals surface area contributed by atoms with Crippen LogP contribution in [0.3, 0.4) is 0 Å². The Morgan fingerprint density at radius 2 is 1.05 bits per heavy atom. The number of nitrogens with one attached hydrogen (secondary N) is 2. The minimum atomic E-state index is 0.291. The van der Waals surface area contributed by atoms with E-state index in [-0.39, 0.29) is 0 Å². The van der Waals surface area contributed by atoms with Gasteiger partial charge in [0.1, 0.15) is 0 Å². The average molecular weight is 272 g/mol. The van der Waals surface area contributed by atoms with Gasteiger partial charge in [-0.25, -0.2) is 0 Å². The summed E-state index contributed by atoms with van der Waals surface area (Å²) in [6.45, 7) is 6.70. The molecule has 3 heteroatoms. The minimum Gasteiger partial charge on any atom is -0.396 e. The molecule has 19 heavy (non-hydrogen) atoms. The van der Waals surface area contributed by atoms with E-state index in [9.17, 15) is 0 Å². The van der Waals surface area contributed by atoms with Gasteiger partial charge in [-0.2, -0.15) is 0 Å². The van der Waals surface area contributed by atoms with Crippen LogP contribution in [-0.2, 0) is 0 Å². The Morgan fingerprint density at radius 3 is 1.58 bits per heavy atom. The van der Waals surface area contributed by atoms with Crippen LogP contribution in [0.2, 0.25) is 0 Å². The predicted octanol–water partition coefficient (Wildman–Crippen LogP) is 3.08. The maximum absolute atomic E-state index is 8.61. The highest BCUT2D eigenvalue weighted by Gasteiger charge is 1.92. The highest BCUT2D eigenvalue weighted by molar-refractivity contribution is 4.53. The van der Waals surface area contributed by atoms with Gasteiger partial charge in [0, 0.05) is 19.7 Å². The van der Waals surface area contributed by atoms with Crippen LogP contribution in [-0.4, -0.2) is 37.9 Å². The van der Waals surface area contributed by atoms with Gasteiger partial charge in [-0.15, -0.1) is 0 Å². The maximum Gasteiger partial charge on any atom is 0.0443 e. The van der Waals surface area contributed by atoms with E-state index < -0.39 is 0 Å². The van der Waals surface area contributed by atoms with Gasteiger partial charge in [0.15, 0.2) is 0 Å². The summed E-state index contributed by atoms with van der Waals surface area (Å²) >= 11 is 0. The summed E-state index contributed by atoms with van der Waals surface area (Å²) < 4.78 is 0. The SMILES string of the molecule is CCCCCCCCCCCNCCNCCCO. The van der Waals surface area contributed by atoms with Crippen molar-refractivity contribution in [1.29, 1.82) is 0 Å². The summed E-state index contributed by atoms with van der Waals surface area (Å²) in [6, 6.07) is 0. The molecule has 0 aliphatic heterocycles. The van der Waals surface area contributed by atoms with Gasteiger partial charge in [-0.05, 0) is 25.9 Å². The second-order valence-electron chi connectivity index (χ2n) is 5.41. The average Bonchev–Trinajstić information content (AvgIpc) is 2.43. The Morgan fingerprint density at radius 1 is 0.579 bits per heavy atom. The molecule has 0 aliphatic rings. The summed E-state index contributed by atoms with van der Waals surface area (Å²) in [5.41, 5.74) is 0. The second-order valence-corrected chi connectivity index (χ2v) is 5.41. The molecule has 0 saturated heterocycles.